The predicted octanol–water partition coefficient (Wildman–Crippen LogP) is 5.86. The maximum atomic E-state index is 13.0. The van der Waals surface area contributed by atoms with Gasteiger partial charge in [-0.3, -0.25) is 9.69 Å². The SMILES string of the molecule is Cc1c2c(cc3c1O/C(=C\c1ccc(Br)cc1)C3=O)CN(C1CCCCC1)CO2. The Balaban J connectivity index is 1.44. The standard InChI is InChI=1S/C24H24BrNO3/c1-15-23-17(13-26(14-28-23)19-5-3-2-4-6-19)12-20-22(27)21(29-24(15)20)11-16-7-9-18(25)10-8-16/h7-12,19H,2-6,13-14H2,1H3/b21-11-. The number of rotatable bonds is 2. The van der Waals surface area contributed by atoms with Crippen LogP contribution in [-0.2, 0) is 6.54 Å². The second-order valence-electron chi connectivity index (χ2n) is 8.17. The van der Waals surface area contributed by atoms with Crippen LogP contribution in [0.5, 0.6) is 11.5 Å². The van der Waals surface area contributed by atoms with Gasteiger partial charge in [0.1, 0.15) is 18.2 Å². The highest BCUT2D eigenvalue weighted by Crippen LogP contribution is 2.43. The Morgan fingerprint density at radius 3 is 2.62 bits per heavy atom. The molecule has 3 aliphatic rings. The molecule has 0 spiro atoms. The van der Waals surface area contributed by atoms with Gasteiger partial charge in [0.15, 0.2) is 5.76 Å². The molecule has 1 fully saturated rings. The number of ketones is 1. The summed E-state index contributed by atoms with van der Waals surface area (Å²) >= 11 is 3.44. The van der Waals surface area contributed by atoms with E-state index in [0.29, 0.717) is 29.8 Å². The minimum atomic E-state index is -0.0522. The van der Waals surface area contributed by atoms with E-state index in [9.17, 15) is 4.79 Å². The van der Waals surface area contributed by atoms with Crippen LogP contribution in [0.2, 0.25) is 0 Å². The molecule has 2 aromatic carbocycles. The Morgan fingerprint density at radius 1 is 1.10 bits per heavy atom. The molecule has 0 aromatic heterocycles. The molecule has 2 aromatic rings. The first-order chi connectivity index (χ1) is 14.1. The molecule has 29 heavy (non-hydrogen) atoms. The summed E-state index contributed by atoms with van der Waals surface area (Å²) in [5, 5.41) is 0. The lowest BCUT2D eigenvalue weighted by molar-refractivity contribution is 0.0397. The van der Waals surface area contributed by atoms with Crippen molar-refractivity contribution in [3.05, 3.63) is 62.8 Å². The van der Waals surface area contributed by atoms with E-state index in [1.165, 1.54) is 32.1 Å². The van der Waals surface area contributed by atoms with E-state index in [1.54, 1.807) is 0 Å². The predicted molar refractivity (Wildman–Crippen MR) is 116 cm³/mol. The smallest absolute Gasteiger partial charge is 0.231 e. The van der Waals surface area contributed by atoms with Crippen LogP contribution in [0.15, 0.2) is 40.6 Å². The number of carbonyl (C=O) groups is 1. The lowest BCUT2D eigenvalue weighted by Crippen LogP contribution is -2.41. The Morgan fingerprint density at radius 2 is 1.86 bits per heavy atom. The van der Waals surface area contributed by atoms with E-state index in [4.69, 9.17) is 9.47 Å². The molecule has 0 bridgehead atoms. The highest BCUT2D eigenvalue weighted by molar-refractivity contribution is 9.10. The van der Waals surface area contributed by atoms with Crippen molar-refractivity contribution in [2.24, 2.45) is 0 Å². The molecule has 150 valence electrons. The summed E-state index contributed by atoms with van der Waals surface area (Å²) in [6, 6.07) is 10.4. The fourth-order valence-electron chi connectivity index (χ4n) is 4.66. The molecule has 0 atom stereocenters. The van der Waals surface area contributed by atoms with E-state index in [0.717, 1.165) is 33.5 Å². The van der Waals surface area contributed by atoms with E-state index in [-0.39, 0.29) is 5.78 Å². The van der Waals surface area contributed by atoms with Crippen molar-refractivity contribution in [3.8, 4) is 11.5 Å². The molecular weight excluding hydrogens is 430 g/mol. The number of fused-ring (bicyclic) bond motifs is 2. The normalized spacial score (nSPS) is 20.9. The zero-order valence-corrected chi connectivity index (χ0v) is 18.1. The first-order valence-electron chi connectivity index (χ1n) is 10.3. The highest BCUT2D eigenvalue weighted by atomic mass is 79.9. The van der Waals surface area contributed by atoms with E-state index in [2.05, 4.69) is 20.8 Å². The second kappa shape index (κ2) is 7.62. The molecule has 0 N–H and O–H groups in total. The average molecular weight is 454 g/mol. The lowest BCUT2D eigenvalue weighted by atomic mass is 9.93. The van der Waals surface area contributed by atoms with Crippen LogP contribution in [0.3, 0.4) is 0 Å². The second-order valence-corrected chi connectivity index (χ2v) is 9.09. The Labute approximate surface area is 179 Å². The number of benzene rings is 2. The van der Waals surface area contributed by atoms with Crippen molar-refractivity contribution in [2.45, 2.75) is 51.6 Å². The van der Waals surface area contributed by atoms with Crippen molar-refractivity contribution in [1.82, 2.24) is 4.90 Å². The summed E-state index contributed by atoms with van der Waals surface area (Å²) in [6.07, 6.45) is 8.23. The third-order valence-corrected chi connectivity index (χ3v) is 6.75. The van der Waals surface area contributed by atoms with Crippen molar-refractivity contribution >= 4 is 27.8 Å². The zero-order valence-electron chi connectivity index (χ0n) is 16.5. The van der Waals surface area contributed by atoms with Gasteiger partial charge in [0.05, 0.1) is 5.56 Å². The van der Waals surface area contributed by atoms with Crippen LogP contribution in [0.25, 0.3) is 6.08 Å². The molecule has 2 aliphatic heterocycles. The topological polar surface area (TPSA) is 38.8 Å². The number of ether oxygens (including phenoxy) is 2. The van der Waals surface area contributed by atoms with Crippen LogP contribution >= 0.6 is 15.9 Å². The van der Waals surface area contributed by atoms with Gasteiger partial charge in [-0.15, -0.1) is 0 Å². The minimum Gasteiger partial charge on any atom is -0.477 e. The molecule has 2 heterocycles. The maximum absolute atomic E-state index is 13.0. The maximum Gasteiger partial charge on any atom is 0.231 e. The molecule has 0 unspecified atom stereocenters. The number of hydrogen-bond donors (Lipinski definition) is 0. The average Bonchev–Trinajstić information content (AvgIpc) is 3.06. The van der Waals surface area contributed by atoms with Gasteiger partial charge in [-0.1, -0.05) is 47.3 Å². The third kappa shape index (κ3) is 3.51. The Kier molecular flexibility index (Phi) is 4.96. The van der Waals surface area contributed by atoms with Crippen molar-refractivity contribution in [1.29, 1.82) is 0 Å². The van der Waals surface area contributed by atoms with Crippen LogP contribution < -0.4 is 9.47 Å². The number of carbonyl (C=O) groups excluding carboxylic acids is 1. The fourth-order valence-corrected chi connectivity index (χ4v) is 4.92. The number of halogens is 1. The van der Waals surface area contributed by atoms with Gasteiger partial charge >= 0.3 is 0 Å². The molecule has 1 saturated carbocycles. The quantitative estimate of drug-likeness (QED) is 0.533. The van der Waals surface area contributed by atoms with Crippen LogP contribution in [0, 0.1) is 6.92 Å². The molecule has 5 rings (SSSR count). The van der Waals surface area contributed by atoms with Gasteiger partial charge in [0.2, 0.25) is 5.78 Å². The summed E-state index contributed by atoms with van der Waals surface area (Å²) < 4.78 is 13.2. The number of nitrogens with zero attached hydrogens (tertiary/aromatic N) is 1. The van der Waals surface area contributed by atoms with Crippen molar-refractivity contribution in [2.75, 3.05) is 6.73 Å². The molecular formula is C24H24BrNO3. The molecule has 0 saturated heterocycles. The van der Waals surface area contributed by atoms with Gasteiger partial charge in [-0.2, -0.15) is 0 Å². The van der Waals surface area contributed by atoms with Gasteiger partial charge in [0.25, 0.3) is 0 Å². The van der Waals surface area contributed by atoms with Gasteiger partial charge in [-0.25, -0.2) is 0 Å². The van der Waals surface area contributed by atoms with Crippen molar-refractivity contribution in [3.63, 3.8) is 0 Å². The summed E-state index contributed by atoms with van der Waals surface area (Å²) in [6.45, 7) is 3.45. The zero-order chi connectivity index (χ0) is 20.0. The molecule has 0 radical (unpaired) electrons. The lowest BCUT2D eigenvalue weighted by Gasteiger charge is -2.37. The van der Waals surface area contributed by atoms with Crippen LogP contribution in [-0.4, -0.2) is 23.5 Å². The molecule has 1 aliphatic carbocycles. The first kappa shape index (κ1) is 18.9. The summed E-state index contributed by atoms with van der Waals surface area (Å²) in [5.41, 5.74) is 3.61. The van der Waals surface area contributed by atoms with Crippen LogP contribution in [0.1, 0.15) is 59.2 Å². The molecule has 4 nitrogen and oxygen atoms in total. The van der Waals surface area contributed by atoms with Gasteiger partial charge in [-0.05, 0) is 49.6 Å². The summed E-state index contributed by atoms with van der Waals surface area (Å²) in [5.74, 6) is 1.84. The highest BCUT2D eigenvalue weighted by Gasteiger charge is 2.34. The number of hydrogen-bond acceptors (Lipinski definition) is 4. The summed E-state index contributed by atoms with van der Waals surface area (Å²) in [7, 11) is 0. The van der Waals surface area contributed by atoms with Crippen LogP contribution in [0.4, 0.5) is 0 Å². The summed E-state index contributed by atoms with van der Waals surface area (Å²) in [4.78, 5) is 15.5. The molecule has 5 heteroatoms. The monoisotopic (exact) mass is 453 g/mol. The minimum absolute atomic E-state index is 0.0522. The number of Topliss-reactive ketones (excluding diaryl/α,β-unsaturated/α-hetero) is 1. The number of allylic oxidation sites excluding steroid dienone is 1. The third-order valence-electron chi connectivity index (χ3n) is 6.22. The van der Waals surface area contributed by atoms with Gasteiger partial charge in [0, 0.05) is 28.2 Å². The fraction of sp³-hybridized carbons (Fsp3) is 0.375. The largest absolute Gasteiger partial charge is 0.477 e. The van der Waals surface area contributed by atoms with Gasteiger partial charge < -0.3 is 9.47 Å². The Hall–Kier alpha value is -2.11. The first-order valence-corrected chi connectivity index (χ1v) is 11.1. The van der Waals surface area contributed by atoms with E-state index in [1.807, 2.05) is 43.3 Å². The molecule has 0 amide bonds. The van der Waals surface area contributed by atoms with E-state index >= 15 is 0 Å². The van der Waals surface area contributed by atoms with Crippen molar-refractivity contribution < 1.29 is 14.3 Å². The Bertz CT molecular complexity index is 990. The van der Waals surface area contributed by atoms with E-state index < -0.39 is 0 Å².